The van der Waals surface area contributed by atoms with Crippen molar-refractivity contribution in [1.29, 1.82) is 0 Å². The Bertz CT molecular complexity index is 551. The predicted octanol–water partition coefficient (Wildman–Crippen LogP) is 3.33. The van der Waals surface area contributed by atoms with Crippen molar-refractivity contribution >= 4 is 11.3 Å². The molecule has 0 amide bonds. The molecule has 4 heteroatoms. The minimum Gasteiger partial charge on any atom is -0.493 e. The lowest BCUT2D eigenvalue weighted by atomic mass is 10.1. The summed E-state index contributed by atoms with van der Waals surface area (Å²) in [5, 5.41) is 1.13. The van der Waals surface area contributed by atoms with Gasteiger partial charge in [-0.05, 0) is 31.5 Å². The maximum Gasteiger partial charge on any atom is 0.122 e. The third-order valence-electron chi connectivity index (χ3n) is 3.08. The van der Waals surface area contributed by atoms with Gasteiger partial charge < -0.3 is 10.5 Å². The molecule has 1 aromatic carbocycles. The van der Waals surface area contributed by atoms with Gasteiger partial charge in [0.05, 0.1) is 17.3 Å². The molecule has 0 atom stereocenters. The predicted molar refractivity (Wildman–Crippen MR) is 84.6 cm³/mol. The molecule has 0 aliphatic heterocycles. The zero-order valence-electron chi connectivity index (χ0n) is 12.2. The lowest BCUT2D eigenvalue weighted by molar-refractivity contribution is 0.314. The molecule has 2 N–H and O–H groups in total. The zero-order valence-corrected chi connectivity index (χ0v) is 13.0. The van der Waals surface area contributed by atoms with Crippen molar-refractivity contribution in [2.24, 2.45) is 5.73 Å². The van der Waals surface area contributed by atoms with Gasteiger partial charge in [0.1, 0.15) is 5.75 Å². The largest absolute Gasteiger partial charge is 0.493 e. The number of para-hydroxylation sites is 1. The van der Waals surface area contributed by atoms with Gasteiger partial charge in [0, 0.05) is 17.7 Å². The van der Waals surface area contributed by atoms with Crippen LogP contribution in [0.2, 0.25) is 0 Å². The van der Waals surface area contributed by atoms with E-state index in [2.05, 4.69) is 31.0 Å². The van der Waals surface area contributed by atoms with Crippen molar-refractivity contribution in [2.45, 2.75) is 33.1 Å². The maximum atomic E-state index is 5.82. The SMILES string of the molecule is CCCOc1ccccc1Cc1sc(CCN)nc1C. The fraction of sp³-hybridized carbons (Fsp3) is 0.438. The molecule has 108 valence electrons. The number of hydrogen-bond acceptors (Lipinski definition) is 4. The average molecular weight is 290 g/mol. The highest BCUT2D eigenvalue weighted by atomic mass is 32.1. The summed E-state index contributed by atoms with van der Waals surface area (Å²) in [4.78, 5) is 5.89. The van der Waals surface area contributed by atoms with E-state index >= 15 is 0 Å². The minimum atomic E-state index is 0.655. The summed E-state index contributed by atoms with van der Waals surface area (Å²) in [7, 11) is 0. The van der Waals surface area contributed by atoms with Crippen LogP contribution < -0.4 is 10.5 Å². The highest BCUT2D eigenvalue weighted by molar-refractivity contribution is 7.11. The molecule has 0 spiro atoms. The molecular formula is C16H22N2OS. The molecule has 0 radical (unpaired) electrons. The van der Waals surface area contributed by atoms with Crippen molar-refractivity contribution in [1.82, 2.24) is 4.98 Å². The second-order valence-corrected chi connectivity index (χ2v) is 5.96. The van der Waals surface area contributed by atoms with Crippen molar-refractivity contribution in [3.8, 4) is 5.75 Å². The fourth-order valence-corrected chi connectivity index (χ4v) is 3.17. The first kappa shape index (κ1) is 15.0. The summed E-state index contributed by atoms with van der Waals surface area (Å²) in [6.45, 7) is 5.61. The van der Waals surface area contributed by atoms with E-state index in [0.717, 1.165) is 42.3 Å². The van der Waals surface area contributed by atoms with Crippen LogP contribution >= 0.6 is 11.3 Å². The van der Waals surface area contributed by atoms with Gasteiger partial charge in [0.25, 0.3) is 0 Å². The fourth-order valence-electron chi connectivity index (χ4n) is 2.06. The van der Waals surface area contributed by atoms with Gasteiger partial charge in [0.15, 0.2) is 0 Å². The molecule has 1 aromatic heterocycles. The highest BCUT2D eigenvalue weighted by Gasteiger charge is 2.10. The Morgan fingerprint density at radius 3 is 2.85 bits per heavy atom. The van der Waals surface area contributed by atoms with Crippen LogP contribution in [0.4, 0.5) is 0 Å². The highest BCUT2D eigenvalue weighted by Crippen LogP contribution is 2.26. The van der Waals surface area contributed by atoms with E-state index in [0.29, 0.717) is 6.54 Å². The van der Waals surface area contributed by atoms with Crippen LogP contribution in [-0.4, -0.2) is 18.1 Å². The van der Waals surface area contributed by atoms with Crippen molar-refractivity contribution in [3.63, 3.8) is 0 Å². The van der Waals surface area contributed by atoms with E-state index in [-0.39, 0.29) is 0 Å². The molecular weight excluding hydrogens is 268 g/mol. The van der Waals surface area contributed by atoms with E-state index in [4.69, 9.17) is 10.5 Å². The third-order valence-corrected chi connectivity index (χ3v) is 4.30. The molecule has 3 nitrogen and oxygen atoms in total. The smallest absolute Gasteiger partial charge is 0.122 e. The standard InChI is InChI=1S/C16H22N2OS/c1-3-10-19-14-7-5-4-6-13(14)11-15-12(2)18-16(20-15)8-9-17/h4-7H,3,8-11,17H2,1-2H3. The Balaban J connectivity index is 2.16. The van der Waals surface area contributed by atoms with Crippen LogP contribution in [0, 0.1) is 6.92 Å². The lowest BCUT2D eigenvalue weighted by Crippen LogP contribution is -2.01. The van der Waals surface area contributed by atoms with Crippen LogP contribution in [0.15, 0.2) is 24.3 Å². The van der Waals surface area contributed by atoms with Crippen LogP contribution in [-0.2, 0) is 12.8 Å². The topological polar surface area (TPSA) is 48.1 Å². The van der Waals surface area contributed by atoms with E-state index in [1.165, 1.54) is 10.4 Å². The van der Waals surface area contributed by atoms with Crippen molar-refractivity contribution in [2.75, 3.05) is 13.2 Å². The molecule has 0 unspecified atom stereocenters. The number of nitrogens with two attached hydrogens (primary N) is 1. The molecule has 20 heavy (non-hydrogen) atoms. The number of nitrogens with zero attached hydrogens (tertiary/aromatic N) is 1. The number of benzene rings is 1. The van der Waals surface area contributed by atoms with Crippen molar-refractivity contribution in [3.05, 3.63) is 45.4 Å². The van der Waals surface area contributed by atoms with Gasteiger partial charge in [-0.1, -0.05) is 25.1 Å². The average Bonchev–Trinajstić information content (AvgIpc) is 2.78. The molecule has 0 fully saturated rings. The monoisotopic (exact) mass is 290 g/mol. The molecule has 0 saturated heterocycles. The number of ether oxygens (including phenoxy) is 1. The second kappa shape index (κ2) is 7.41. The van der Waals surface area contributed by atoms with E-state index in [9.17, 15) is 0 Å². The molecule has 1 heterocycles. The minimum absolute atomic E-state index is 0.655. The Kier molecular flexibility index (Phi) is 5.56. The molecule has 0 aliphatic rings. The molecule has 2 rings (SSSR count). The molecule has 0 aliphatic carbocycles. The number of hydrogen-bond donors (Lipinski definition) is 1. The van der Waals surface area contributed by atoms with Crippen molar-refractivity contribution < 1.29 is 4.74 Å². The third kappa shape index (κ3) is 3.81. The van der Waals surface area contributed by atoms with E-state index < -0.39 is 0 Å². The molecule has 2 aromatic rings. The number of rotatable bonds is 7. The summed E-state index contributed by atoms with van der Waals surface area (Å²) in [5.41, 5.74) is 7.94. The maximum absolute atomic E-state index is 5.82. The number of aromatic nitrogens is 1. The van der Waals surface area contributed by atoms with Crippen LogP contribution in [0.25, 0.3) is 0 Å². The first-order valence-corrected chi connectivity index (χ1v) is 7.92. The quantitative estimate of drug-likeness (QED) is 0.851. The summed E-state index contributed by atoms with van der Waals surface area (Å²) < 4.78 is 5.82. The number of aryl methyl sites for hydroxylation is 1. The van der Waals surface area contributed by atoms with Gasteiger partial charge in [-0.15, -0.1) is 11.3 Å². The Morgan fingerprint density at radius 2 is 2.10 bits per heavy atom. The summed E-state index contributed by atoms with van der Waals surface area (Å²) in [6, 6.07) is 8.26. The van der Waals surface area contributed by atoms with E-state index in [1.807, 2.05) is 12.1 Å². The Hall–Kier alpha value is -1.39. The zero-order chi connectivity index (χ0) is 14.4. The Morgan fingerprint density at radius 1 is 1.30 bits per heavy atom. The summed E-state index contributed by atoms with van der Waals surface area (Å²) >= 11 is 1.76. The van der Waals surface area contributed by atoms with Crippen LogP contribution in [0.1, 0.15) is 34.5 Å². The first-order chi connectivity index (χ1) is 9.74. The second-order valence-electron chi connectivity index (χ2n) is 4.79. The van der Waals surface area contributed by atoms with Crippen LogP contribution in [0.5, 0.6) is 5.75 Å². The summed E-state index contributed by atoms with van der Waals surface area (Å²) in [5.74, 6) is 0.988. The van der Waals surface area contributed by atoms with Gasteiger partial charge in [-0.2, -0.15) is 0 Å². The van der Waals surface area contributed by atoms with E-state index in [1.54, 1.807) is 11.3 Å². The van der Waals surface area contributed by atoms with Crippen LogP contribution in [0.3, 0.4) is 0 Å². The lowest BCUT2D eigenvalue weighted by Gasteiger charge is -2.10. The normalized spacial score (nSPS) is 10.8. The molecule has 0 saturated carbocycles. The number of thiazole rings is 1. The van der Waals surface area contributed by atoms with Gasteiger partial charge in [-0.3, -0.25) is 0 Å². The summed E-state index contributed by atoms with van der Waals surface area (Å²) in [6.07, 6.45) is 2.77. The Labute approximate surface area is 124 Å². The first-order valence-electron chi connectivity index (χ1n) is 7.10. The van der Waals surface area contributed by atoms with Gasteiger partial charge in [-0.25, -0.2) is 4.98 Å². The molecule has 0 bridgehead atoms. The van der Waals surface area contributed by atoms with Gasteiger partial charge in [0.2, 0.25) is 0 Å². The van der Waals surface area contributed by atoms with Gasteiger partial charge >= 0.3 is 0 Å².